The molecule has 0 spiro atoms. The van der Waals surface area contributed by atoms with Crippen LogP contribution in [0.1, 0.15) is 41.2 Å². The van der Waals surface area contributed by atoms with E-state index in [1.165, 1.54) is 11.3 Å². The normalized spacial score (nSPS) is 11.6. The van der Waals surface area contributed by atoms with Crippen LogP contribution in [0.3, 0.4) is 0 Å². The van der Waals surface area contributed by atoms with Crippen molar-refractivity contribution in [1.82, 2.24) is 5.32 Å². The second-order valence-corrected chi connectivity index (χ2v) is 6.93. The number of thioether (sulfide) groups is 1. The molecule has 3 N–H and O–H groups in total. The van der Waals surface area contributed by atoms with E-state index < -0.39 is 0 Å². The van der Waals surface area contributed by atoms with Crippen LogP contribution in [0.5, 0.6) is 0 Å². The van der Waals surface area contributed by atoms with Crippen LogP contribution in [-0.4, -0.2) is 23.5 Å². The molecule has 0 saturated carbocycles. The first-order valence-corrected chi connectivity index (χ1v) is 8.21. The number of hydrogen-bond donors (Lipinski definition) is 2. The van der Waals surface area contributed by atoms with Crippen molar-refractivity contribution < 1.29 is 4.79 Å². The van der Waals surface area contributed by atoms with Gasteiger partial charge in [0.05, 0.1) is 4.88 Å². The van der Waals surface area contributed by atoms with E-state index in [0.717, 1.165) is 17.7 Å². The summed E-state index contributed by atoms with van der Waals surface area (Å²) < 4.78 is 0.146. The van der Waals surface area contributed by atoms with Gasteiger partial charge in [0.15, 0.2) is 0 Å². The van der Waals surface area contributed by atoms with E-state index in [-0.39, 0.29) is 10.7 Å². The minimum Gasteiger partial charge on any atom is -0.398 e. The Morgan fingerprint density at radius 1 is 1.50 bits per heavy atom. The molecule has 0 radical (unpaired) electrons. The van der Waals surface area contributed by atoms with Gasteiger partial charge in [-0.3, -0.25) is 4.79 Å². The largest absolute Gasteiger partial charge is 0.398 e. The maximum absolute atomic E-state index is 12.0. The number of carbonyl (C=O) groups is 1. The molecule has 0 bridgehead atoms. The fraction of sp³-hybridized carbons (Fsp3) is 0.615. The third-order valence-electron chi connectivity index (χ3n) is 3.47. The van der Waals surface area contributed by atoms with Crippen molar-refractivity contribution >= 4 is 34.7 Å². The Hall–Kier alpha value is -0.680. The van der Waals surface area contributed by atoms with E-state index >= 15 is 0 Å². The minimum absolute atomic E-state index is 0.0138. The lowest BCUT2D eigenvalue weighted by molar-refractivity contribution is 0.0953. The van der Waals surface area contributed by atoms with Gasteiger partial charge in [0, 0.05) is 21.9 Å². The molecular formula is C13H22N2OS2. The molecule has 5 heteroatoms. The van der Waals surface area contributed by atoms with Gasteiger partial charge in [0.2, 0.25) is 0 Å². The lowest BCUT2D eigenvalue weighted by Crippen LogP contribution is -2.39. The lowest BCUT2D eigenvalue weighted by Gasteiger charge is -2.29. The summed E-state index contributed by atoms with van der Waals surface area (Å²) in [6.45, 7) is 6.97. The fourth-order valence-electron chi connectivity index (χ4n) is 1.80. The summed E-state index contributed by atoms with van der Waals surface area (Å²) >= 11 is 3.28. The Morgan fingerprint density at radius 2 is 2.11 bits per heavy atom. The number of hydrogen-bond acceptors (Lipinski definition) is 4. The highest BCUT2D eigenvalue weighted by Gasteiger charge is 2.25. The van der Waals surface area contributed by atoms with Crippen LogP contribution in [0.15, 0.2) is 6.07 Å². The molecule has 1 aromatic rings. The average Bonchev–Trinajstić information content (AvgIpc) is 2.72. The van der Waals surface area contributed by atoms with E-state index in [4.69, 9.17) is 5.73 Å². The first-order valence-electron chi connectivity index (χ1n) is 6.17. The summed E-state index contributed by atoms with van der Waals surface area (Å²) in [6, 6.07) is 1.76. The molecule has 1 amide bonds. The fourth-order valence-corrected chi connectivity index (χ4v) is 3.45. The molecule has 0 aromatic carbocycles. The average molecular weight is 286 g/mol. The van der Waals surface area contributed by atoms with Crippen LogP contribution in [0, 0.1) is 6.92 Å². The van der Waals surface area contributed by atoms with Crippen LogP contribution in [0.2, 0.25) is 0 Å². The number of rotatable bonds is 6. The maximum Gasteiger partial charge on any atom is 0.261 e. The van der Waals surface area contributed by atoms with E-state index in [2.05, 4.69) is 25.4 Å². The highest BCUT2D eigenvalue weighted by Crippen LogP contribution is 2.30. The van der Waals surface area contributed by atoms with Gasteiger partial charge in [-0.05, 0) is 32.1 Å². The van der Waals surface area contributed by atoms with Gasteiger partial charge in [-0.1, -0.05) is 13.8 Å². The second kappa shape index (κ2) is 6.48. The SMILES string of the molecule is CCC(CC)(CNC(=O)c1cc(N)c(C)s1)SC. The molecule has 3 nitrogen and oxygen atoms in total. The summed E-state index contributed by atoms with van der Waals surface area (Å²) in [4.78, 5) is 13.7. The standard InChI is InChI=1S/C13H22N2OS2/c1-5-13(6-2,17-4)8-15-12(16)11-7-10(14)9(3)18-11/h7H,5-6,8,14H2,1-4H3,(H,15,16). The van der Waals surface area contributed by atoms with E-state index in [9.17, 15) is 4.79 Å². The van der Waals surface area contributed by atoms with Crippen LogP contribution in [-0.2, 0) is 0 Å². The van der Waals surface area contributed by atoms with E-state index in [1.54, 1.807) is 6.07 Å². The predicted octanol–water partition coefficient (Wildman–Crippen LogP) is 3.29. The second-order valence-electron chi connectivity index (χ2n) is 4.40. The predicted molar refractivity (Wildman–Crippen MR) is 82.6 cm³/mol. The summed E-state index contributed by atoms with van der Waals surface area (Å²) in [7, 11) is 0. The number of nitrogens with one attached hydrogen (secondary N) is 1. The van der Waals surface area contributed by atoms with Crippen molar-refractivity contribution in [2.45, 2.75) is 38.4 Å². The summed E-state index contributed by atoms with van der Waals surface area (Å²) in [5.74, 6) is -0.0138. The zero-order valence-electron chi connectivity index (χ0n) is 11.5. The topological polar surface area (TPSA) is 55.1 Å². The van der Waals surface area contributed by atoms with Crippen molar-refractivity contribution in [3.63, 3.8) is 0 Å². The summed E-state index contributed by atoms with van der Waals surface area (Å²) in [5, 5.41) is 3.03. The number of thiophene rings is 1. The molecule has 0 atom stereocenters. The molecule has 0 aliphatic rings. The molecule has 0 unspecified atom stereocenters. The smallest absolute Gasteiger partial charge is 0.261 e. The van der Waals surface area contributed by atoms with Gasteiger partial charge in [-0.2, -0.15) is 11.8 Å². The molecule has 0 aliphatic heterocycles. The van der Waals surface area contributed by atoms with Crippen LogP contribution in [0.4, 0.5) is 5.69 Å². The Balaban J connectivity index is 2.65. The zero-order chi connectivity index (χ0) is 13.8. The van der Waals surface area contributed by atoms with Gasteiger partial charge in [0.25, 0.3) is 5.91 Å². The molecule has 0 saturated heterocycles. The molecule has 0 fully saturated rings. The number of nitrogen functional groups attached to an aromatic ring is 1. The van der Waals surface area contributed by atoms with Crippen molar-refractivity contribution in [3.8, 4) is 0 Å². The molecule has 0 aliphatic carbocycles. The van der Waals surface area contributed by atoms with Crippen LogP contribution >= 0.6 is 23.1 Å². The molecule has 18 heavy (non-hydrogen) atoms. The Bertz CT molecular complexity index is 383. The maximum atomic E-state index is 12.0. The monoisotopic (exact) mass is 286 g/mol. The number of nitrogens with two attached hydrogens (primary N) is 1. The summed E-state index contributed by atoms with van der Waals surface area (Å²) in [5.41, 5.74) is 6.47. The highest BCUT2D eigenvalue weighted by atomic mass is 32.2. The molecule has 102 valence electrons. The number of amides is 1. The molecular weight excluding hydrogens is 264 g/mol. The quantitative estimate of drug-likeness (QED) is 0.843. The Labute approximate surface area is 118 Å². The minimum atomic E-state index is -0.0138. The van der Waals surface area contributed by atoms with Crippen molar-refractivity contribution in [3.05, 3.63) is 15.8 Å². The molecule has 1 aromatic heterocycles. The van der Waals surface area contributed by atoms with Crippen LogP contribution < -0.4 is 11.1 Å². The third kappa shape index (κ3) is 3.42. The van der Waals surface area contributed by atoms with Crippen molar-refractivity contribution in [1.29, 1.82) is 0 Å². The first kappa shape index (κ1) is 15.4. The number of aryl methyl sites for hydroxylation is 1. The zero-order valence-corrected chi connectivity index (χ0v) is 13.1. The lowest BCUT2D eigenvalue weighted by atomic mass is 10.0. The van der Waals surface area contributed by atoms with Gasteiger partial charge < -0.3 is 11.1 Å². The number of anilines is 1. The summed E-state index contributed by atoms with van der Waals surface area (Å²) in [6.07, 6.45) is 4.21. The van der Waals surface area contributed by atoms with Gasteiger partial charge in [0.1, 0.15) is 0 Å². The van der Waals surface area contributed by atoms with Crippen LogP contribution in [0.25, 0.3) is 0 Å². The molecule has 1 heterocycles. The Morgan fingerprint density at radius 3 is 2.50 bits per heavy atom. The number of carbonyl (C=O) groups excluding carboxylic acids is 1. The van der Waals surface area contributed by atoms with Crippen molar-refractivity contribution in [2.24, 2.45) is 0 Å². The van der Waals surface area contributed by atoms with Gasteiger partial charge >= 0.3 is 0 Å². The molecule has 1 rings (SSSR count). The first-order chi connectivity index (χ1) is 8.48. The highest BCUT2D eigenvalue weighted by molar-refractivity contribution is 8.00. The van der Waals surface area contributed by atoms with Gasteiger partial charge in [-0.25, -0.2) is 0 Å². The van der Waals surface area contributed by atoms with Crippen molar-refractivity contribution in [2.75, 3.05) is 18.5 Å². The van der Waals surface area contributed by atoms with E-state index in [0.29, 0.717) is 17.1 Å². The van der Waals surface area contributed by atoms with Gasteiger partial charge in [-0.15, -0.1) is 11.3 Å². The van der Waals surface area contributed by atoms with E-state index in [1.807, 2.05) is 18.7 Å². The Kier molecular flexibility index (Phi) is 5.53. The third-order valence-corrected chi connectivity index (χ3v) is 6.13.